The van der Waals surface area contributed by atoms with Crippen LogP contribution in [0, 0.1) is 6.92 Å². The minimum absolute atomic E-state index is 0.0788. The first-order valence-electron chi connectivity index (χ1n) is 7.79. The van der Waals surface area contributed by atoms with Gasteiger partial charge in [-0.05, 0) is 32.8 Å². The lowest BCUT2D eigenvalue weighted by Gasteiger charge is -2.13. The van der Waals surface area contributed by atoms with Gasteiger partial charge in [-0.15, -0.1) is 11.3 Å². The van der Waals surface area contributed by atoms with E-state index in [1.165, 1.54) is 11.3 Å². The number of H-pyrrole nitrogens is 1. The van der Waals surface area contributed by atoms with Crippen LogP contribution in [0.3, 0.4) is 0 Å². The molecule has 0 bridgehead atoms. The van der Waals surface area contributed by atoms with Crippen molar-refractivity contribution in [1.29, 1.82) is 0 Å². The van der Waals surface area contributed by atoms with Gasteiger partial charge in [0.1, 0.15) is 11.4 Å². The van der Waals surface area contributed by atoms with E-state index >= 15 is 0 Å². The van der Waals surface area contributed by atoms with Crippen LogP contribution in [0.2, 0.25) is 0 Å². The number of hydrogen-bond donors (Lipinski definition) is 4. The minimum Gasteiger partial charge on any atom is -0.362 e. The van der Waals surface area contributed by atoms with E-state index in [0.29, 0.717) is 24.4 Å². The van der Waals surface area contributed by atoms with Crippen molar-refractivity contribution in [2.24, 2.45) is 0 Å². The van der Waals surface area contributed by atoms with Crippen LogP contribution in [0.15, 0.2) is 11.6 Å². The Labute approximate surface area is 144 Å². The highest BCUT2D eigenvalue weighted by Gasteiger charge is 2.14. The highest BCUT2D eigenvalue weighted by molar-refractivity contribution is 7.13. The van der Waals surface area contributed by atoms with Crippen LogP contribution < -0.4 is 16.0 Å². The van der Waals surface area contributed by atoms with Crippen molar-refractivity contribution >= 4 is 28.3 Å². The molecule has 0 spiro atoms. The second kappa shape index (κ2) is 8.44. The molecule has 2 heterocycles. The molecule has 0 aliphatic heterocycles. The third kappa shape index (κ3) is 4.79. The number of aryl methyl sites for hydroxylation is 1. The largest absolute Gasteiger partial charge is 0.362 e. The van der Waals surface area contributed by atoms with Crippen molar-refractivity contribution < 1.29 is 9.59 Å². The molecule has 0 saturated heterocycles. The molecule has 130 valence electrons. The summed E-state index contributed by atoms with van der Waals surface area (Å²) in [5.41, 5.74) is 1.67. The molecule has 0 aliphatic carbocycles. The molecule has 0 saturated carbocycles. The SMILES string of the molecule is CCNc1nc(C(=O)NC(C)CCNC(=O)c2[nH]ncc2C)cs1. The summed E-state index contributed by atoms with van der Waals surface area (Å²) in [7, 11) is 0. The number of carbonyl (C=O) groups excluding carboxylic acids is 2. The number of carbonyl (C=O) groups is 2. The molecule has 0 aromatic carbocycles. The number of aromatic nitrogens is 3. The average Bonchev–Trinajstić information content (AvgIpc) is 3.16. The third-order valence-corrected chi connectivity index (χ3v) is 4.16. The zero-order valence-corrected chi connectivity index (χ0v) is 14.8. The Kier molecular flexibility index (Phi) is 6.30. The molecular weight excluding hydrogens is 328 g/mol. The molecule has 9 heteroatoms. The van der Waals surface area contributed by atoms with E-state index in [0.717, 1.165) is 17.2 Å². The minimum atomic E-state index is -0.210. The first-order chi connectivity index (χ1) is 11.5. The van der Waals surface area contributed by atoms with E-state index in [4.69, 9.17) is 0 Å². The van der Waals surface area contributed by atoms with Crippen molar-refractivity contribution in [2.45, 2.75) is 33.2 Å². The fourth-order valence-corrected chi connectivity index (χ4v) is 2.81. The molecule has 0 fully saturated rings. The molecule has 2 rings (SSSR count). The molecule has 1 unspecified atom stereocenters. The molecule has 2 aromatic heterocycles. The fourth-order valence-electron chi connectivity index (χ4n) is 2.05. The topological polar surface area (TPSA) is 112 Å². The zero-order valence-electron chi connectivity index (χ0n) is 14.0. The Morgan fingerprint density at radius 1 is 1.38 bits per heavy atom. The Morgan fingerprint density at radius 3 is 2.83 bits per heavy atom. The van der Waals surface area contributed by atoms with Gasteiger partial charge >= 0.3 is 0 Å². The summed E-state index contributed by atoms with van der Waals surface area (Å²) < 4.78 is 0. The molecule has 4 N–H and O–H groups in total. The molecule has 1 atom stereocenters. The molecule has 24 heavy (non-hydrogen) atoms. The summed E-state index contributed by atoms with van der Waals surface area (Å²) in [6.07, 6.45) is 2.22. The summed E-state index contributed by atoms with van der Waals surface area (Å²) >= 11 is 1.40. The predicted octanol–water partition coefficient (Wildman–Crippen LogP) is 1.54. The van der Waals surface area contributed by atoms with Crippen LogP contribution in [0.25, 0.3) is 0 Å². The number of nitrogens with one attached hydrogen (secondary N) is 4. The predicted molar refractivity (Wildman–Crippen MR) is 93.5 cm³/mol. The lowest BCUT2D eigenvalue weighted by molar-refractivity contribution is 0.0932. The Bertz CT molecular complexity index is 696. The van der Waals surface area contributed by atoms with Gasteiger partial charge in [0.2, 0.25) is 0 Å². The number of hydrogen-bond acceptors (Lipinski definition) is 6. The summed E-state index contributed by atoms with van der Waals surface area (Å²) in [5, 5.41) is 17.7. The van der Waals surface area contributed by atoms with Crippen molar-refractivity contribution in [3.8, 4) is 0 Å². The number of anilines is 1. The highest BCUT2D eigenvalue weighted by atomic mass is 32.1. The number of thiazole rings is 1. The first kappa shape index (κ1) is 17.9. The smallest absolute Gasteiger partial charge is 0.271 e. The molecule has 0 aliphatic rings. The third-order valence-electron chi connectivity index (χ3n) is 3.36. The Morgan fingerprint density at radius 2 is 2.17 bits per heavy atom. The van der Waals surface area contributed by atoms with E-state index in [9.17, 15) is 9.59 Å². The Hall–Kier alpha value is -2.42. The molecular formula is C15H22N6O2S. The van der Waals surface area contributed by atoms with Crippen LogP contribution >= 0.6 is 11.3 Å². The standard InChI is InChI=1S/C15H22N6O2S/c1-4-16-15-20-11(8-24-15)13(22)19-10(3)5-6-17-14(23)12-9(2)7-18-21-12/h7-8,10H,4-6H2,1-3H3,(H,16,20)(H,17,23)(H,18,21)(H,19,22). The lowest BCUT2D eigenvalue weighted by Crippen LogP contribution is -2.36. The first-order valence-corrected chi connectivity index (χ1v) is 8.67. The van der Waals surface area contributed by atoms with E-state index in [1.807, 2.05) is 20.8 Å². The van der Waals surface area contributed by atoms with Gasteiger partial charge in [0, 0.05) is 24.5 Å². The van der Waals surface area contributed by atoms with Gasteiger partial charge in [-0.1, -0.05) is 0 Å². The molecule has 0 radical (unpaired) electrons. The van der Waals surface area contributed by atoms with Gasteiger partial charge in [-0.2, -0.15) is 5.10 Å². The van der Waals surface area contributed by atoms with Crippen molar-refractivity contribution in [3.05, 3.63) is 28.5 Å². The summed E-state index contributed by atoms with van der Waals surface area (Å²) in [6.45, 7) is 6.90. The maximum absolute atomic E-state index is 12.1. The normalized spacial score (nSPS) is 11.8. The molecule has 8 nitrogen and oxygen atoms in total. The fraction of sp³-hybridized carbons (Fsp3) is 0.467. The highest BCUT2D eigenvalue weighted by Crippen LogP contribution is 2.15. The van der Waals surface area contributed by atoms with Crippen LogP contribution in [0.4, 0.5) is 5.13 Å². The second-order valence-electron chi connectivity index (χ2n) is 5.42. The van der Waals surface area contributed by atoms with Crippen molar-refractivity contribution in [2.75, 3.05) is 18.4 Å². The maximum Gasteiger partial charge on any atom is 0.271 e. The van der Waals surface area contributed by atoms with Crippen LogP contribution in [-0.2, 0) is 0 Å². The van der Waals surface area contributed by atoms with E-state index in [-0.39, 0.29) is 17.9 Å². The van der Waals surface area contributed by atoms with Crippen LogP contribution in [0.1, 0.15) is 46.8 Å². The second-order valence-corrected chi connectivity index (χ2v) is 6.27. The number of nitrogens with zero attached hydrogens (tertiary/aromatic N) is 2. The average molecular weight is 350 g/mol. The van der Waals surface area contributed by atoms with Crippen molar-refractivity contribution in [3.63, 3.8) is 0 Å². The van der Waals surface area contributed by atoms with E-state index < -0.39 is 0 Å². The monoisotopic (exact) mass is 350 g/mol. The maximum atomic E-state index is 12.1. The van der Waals surface area contributed by atoms with Gasteiger partial charge in [0.15, 0.2) is 5.13 Å². The lowest BCUT2D eigenvalue weighted by atomic mass is 10.2. The zero-order chi connectivity index (χ0) is 17.5. The summed E-state index contributed by atoms with van der Waals surface area (Å²) in [6, 6.07) is -0.0788. The molecule has 2 aromatic rings. The van der Waals surface area contributed by atoms with E-state index in [2.05, 4.69) is 31.1 Å². The van der Waals surface area contributed by atoms with Crippen LogP contribution in [0.5, 0.6) is 0 Å². The van der Waals surface area contributed by atoms with Crippen LogP contribution in [-0.4, -0.2) is 46.1 Å². The van der Waals surface area contributed by atoms with Gasteiger partial charge in [0.05, 0.1) is 6.20 Å². The summed E-state index contributed by atoms with van der Waals surface area (Å²) in [4.78, 5) is 28.3. The molecule has 2 amide bonds. The number of aromatic amines is 1. The van der Waals surface area contributed by atoms with Crippen molar-refractivity contribution in [1.82, 2.24) is 25.8 Å². The van der Waals surface area contributed by atoms with Gasteiger partial charge in [-0.3, -0.25) is 14.7 Å². The van der Waals surface area contributed by atoms with Gasteiger partial charge < -0.3 is 16.0 Å². The Balaban J connectivity index is 1.74. The number of amides is 2. The quantitative estimate of drug-likeness (QED) is 0.577. The number of rotatable bonds is 8. The van der Waals surface area contributed by atoms with Gasteiger partial charge in [-0.25, -0.2) is 4.98 Å². The van der Waals surface area contributed by atoms with E-state index in [1.54, 1.807) is 11.6 Å². The van der Waals surface area contributed by atoms with Gasteiger partial charge in [0.25, 0.3) is 11.8 Å². The summed E-state index contributed by atoms with van der Waals surface area (Å²) in [5.74, 6) is -0.406.